The molecule has 1 unspecified atom stereocenters. The Balaban J connectivity index is 0.000000483. The van der Waals surface area contributed by atoms with Crippen LogP contribution in [0, 0.1) is 13.8 Å². The second kappa shape index (κ2) is 14.2. The van der Waals surface area contributed by atoms with E-state index in [1.165, 1.54) is 5.56 Å². The largest absolute Gasteiger partial charge is 0.358 e. The number of unbranched alkanes of at least 4 members (excludes halogenated alkanes) is 1. The Kier molecular flexibility index (Phi) is 10.2. The van der Waals surface area contributed by atoms with Crippen LogP contribution in [0.4, 0.5) is 16.3 Å². The predicted octanol–water partition coefficient (Wildman–Crippen LogP) is 5.49. The van der Waals surface area contributed by atoms with Gasteiger partial charge in [0.2, 0.25) is 5.91 Å². The van der Waals surface area contributed by atoms with E-state index in [-0.39, 0.29) is 18.0 Å². The number of benzene rings is 2. The molecule has 0 radical (unpaired) electrons. The topological polar surface area (TPSA) is 113 Å². The summed E-state index contributed by atoms with van der Waals surface area (Å²) < 4.78 is 1.78. The highest BCUT2D eigenvalue weighted by Gasteiger charge is 2.26. The molecule has 4 aromatic rings. The lowest BCUT2D eigenvalue weighted by molar-refractivity contribution is -0.122. The standard InChI is InChI=1S/C26H32N6O2.C6H7N/c1-4-5-8-20-16-23(30-26(34)29-19-9-6-7-17(2)14-19)32(31-20)21-10-11-22-18(15-21)12-13-28-24(22)25(33)27-3;1-6-3-2-4-7-5-6/h6-7,9-11,14-16,24,28H,4-5,8,12-13H2,1-3H3,(H,27,33)(H2,29,30,34);2-5H,1H3. The maximum absolute atomic E-state index is 12.8. The van der Waals surface area contributed by atoms with E-state index in [1.807, 2.05) is 74.6 Å². The highest BCUT2D eigenvalue weighted by atomic mass is 16.2. The Labute approximate surface area is 241 Å². The minimum atomic E-state index is -0.363. The minimum absolute atomic E-state index is 0.0511. The number of rotatable bonds is 7. The molecule has 0 aliphatic carbocycles. The maximum Gasteiger partial charge on any atom is 0.324 e. The summed E-state index contributed by atoms with van der Waals surface area (Å²) in [6.45, 7) is 6.87. The van der Waals surface area contributed by atoms with Gasteiger partial charge >= 0.3 is 6.03 Å². The average molecular weight is 554 g/mol. The number of amides is 3. The Morgan fingerprint density at radius 2 is 1.85 bits per heavy atom. The molecule has 0 saturated carbocycles. The van der Waals surface area contributed by atoms with E-state index in [0.717, 1.165) is 66.0 Å². The monoisotopic (exact) mass is 553 g/mol. The molecule has 1 atom stereocenters. The zero-order chi connectivity index (χ0) is 29.2. The van der Waals surface area contributed by atoms with Crippen molar-refractivity contribution in [3.05, 3.63) is 101 Å². The zero-order valence-corrected chi connectivity index (χ0v) is 24.2. The van der Waals surface area contributed by atoms with Gasteiger partial charge in [0.25, 0.3) is 0 Å². The van der Waals surface area contributed by atoms with Crippen molar-refractivity contribution < 1.29 is 9.59 Å². The van der Waals surface area contributed by atoms with Gasteiger partial charge in [0, 0.05) is 37.7 Å². The molecule has 3 heterocycles. The number of aryl methyl sites for hydroxylation is 3. The second-order valence-electron chi connectivity index (χ2n) is 10.1. The average Bonchev–Trinajstić information content (AvgIpc) is 3.37. The van der Waals surface area contributed by atoms with E-state index in [4.69, 9.17) is 5.10 Å². The first-order chi connectivity index (χ1) is 19.9. The number of fused-ring (bicyclic) bond motifs is 1. The Morgan fingerprint density at radius 3 is 2.54 bits per heavy atom. The highest BCUT2D eigenvalue weighted by molar-refractivity contribution is 5.99. The summed E-state index contributed by atoms with van der Waals surface area (Å²) in [6.07, 6.45) is 7.35. The summed E-state index contributed by atoms with van der Waals surface area (Å²) in [4.78, 5) is 28.9. The molecule has 4 N–H and O–H groups in total. The third kappa shape index (κ3) is 8.02. The number of pyridine rings is 1. The number of nitrogens with zero attached hydrogens (tertiary/aromatic N) is 3. The van der Waals surface area contributed by atoms with E-state index in [0.29, 0.717) is 5.82 Å². The molecule has 9 nitrogen and oxygen atoms in total. The first kappa shape index (κ1) is 29.5. The molecule has 3 amide bonds. The van der Waals surface area contributed by atoms with Gasteiger partial charge in [-0.2, -0.15) is 5.10 Å². The minimum Gasteiger partial charge on any atom is -0.358 e. The third-order valence-electron chi connectivity index (χ3n) is 6.81. The lowest BCUT2D eigenvalue weighted by Gasteiger charge is -2.26. The summed E-state index contributed by atoms with van der Waals surface area (Å²) in [5, 5.41) is 16.7. The lowest BCUT2D eigenvalue weighted by Crippen LogP contribution is -2.40. The van der Waals surface area contributed by atoms with Gasteiger partial charge in [-0.25, -0.2) is 9.48 Å². The number of carbonyl (C=O) groups is 2. The van der Waals surface area contributed by atoms with Crippen LogP contribution in [0.3, 0.4) is 0 Å². The summed E-state index contributed by atoms with van der Waals surface area (Å²) >= 11 is 0. The fourth-order valence-corrected chi connectivity index (χ4v) is 4.71. The summed E-state index contributed by atoms with van der Waals surface area (Å²) in [6, 6.07) is 18.8. The Hall–Kier alpha value is -4.50. The van der Waals surface area contributed by atoms with E-state index in [2.05, 4.69) is 39.2 Å². The van der Waals surface area contributed by atoms with Crippen LogP contribution in [0.1, 0.15) is 53.8 Å². The molecule has 9 heteroatoms. The highest BCUT2D eigenvalue weighted by Crippen LogP contribution is 2.27. The zero-order valence-electron chi connectivity index (χ0n) is 24.2. The van der Waals surface area contributed by atoms with Crippen molar-refractivity contribution >= 4 is 23.4 Å². The molecule has 0 bridgehead atoms. The van der Waals surface area contributed by atoms with Crippen LogP contribution >= 0.6 is 0 Å². The number of urea groups is 1. The third-order valence-corrected chi connectivity index (χ3v) is 6.81. The van der Waals surface area contributed by atoms with Gasteiger partial charge in [0.15, 0.2) is 0 Å². The van der Waals surface area contributed by atoms with Crippen LogP contribution in [-0.2, 0) is 17.6 Å². The molecule has 1 aliphatic rings. The molecule has 5 rings (SSSR count). The van der Waals surface area contributed by atoms with Crippen LogP contribution in [0.15, 0.2) is 73.1 Å². The number of likely N-dealkylation sites (N-methyl/N-ethyl adjacent to an activating group) is 1. The quantitative estimate of drug-likeness (QED) is 0.242. The van der Waals surface area contributed by atoms with E-state index < -0.39 is 0 Å². The predicted molar refractivity (Wildman–Crippen MR) is 163 cm³/mol. The number of hydrogen-bond acceptors (Lipinski definition) is 5. The smallest absolute Gasteiger partial charge is 0.324 e. The van der Waals surface area contributed by atoms with Crippen molar-refractivity contribution in [3.8, 4) is 5.69 Å². The van der Waals surface area contributed by atoms with Gasteiger partial charge < -0.3 is 16.0 Å². The number of aromatic nitrogens is 3. The molecule has 41 heavy (non-hydrogen) atoms. The maximum atomic E-state index is 12.8. The molecule has 0 saturated heterocycles. The number of nitrogens with one attached hydrogen (secondary N) is 4. The normalized spacial score (nSPS) is 13.8. The fraction of sp³-hybridized carbons (Fsp3) is 0.312. The Bertz CT molecular complexity index is 1470. The van der Waals surface area contributed by atoms with Gasteiger partial charge in [-0.3, -0.25) is 15.1 Å². The molecule has 2 aromatic heterocycles. The lowest BCUT2D eigenvalue weighted by atomic mass is 9.93. The van der Waals surface area contributed by atoms with Crippen LogP contribution < -0.4 is 21.3 Å². The van der Waals surface area contributed by atoms with Crippen molar-refractivity contribution in [1.29, 1.82) is 0 Å². The van der Waals surface area contributed by atoms with Gasteiger partial charge in [-0.05, 0) is 85.7 Å². The first-order valence-corrected chi connectivity index (χ1v) is 14.1. The van der Waals surface area contributed by atoms with Crippen LogP contribution in [-0.4, -0.2) is 40.3 Å². The van der Waals surface area contributed by atoms with Gasteiger partial charge in [0.1, 0.15) is 11.9 Å². The van der Waals surface area contributed by atoms with Crippen molar-refractivity contribution in [2.45, 2.75) is 52.5 Å². The van der Waals surface area contributed by atoms with Gasteiger partial charge in [0.05, 0.1) is 11.4 Å². The first-order valence-electron chi connectivity index (χ1n) is 14.1. The number of anilines is 2. The number of carbonyl (C=O) groups excluding carboxylic acids is 2. The van der Waals surface area contributed by atoms with Crippen molar-refractivity contribution in [3.63, 3.8) is 0 Å². The molecule has 0 fully saturated rings. The summed E-state index contributed by atoms with van der Waals surface area (Å²) in [5.74, 6) is 0.554. The summed E-state index contributed by atoms with van der Waals surface area (Å²) in [5.41, 5.74) is 6.87. The number of hydrogen-bond donors (Lipinski definition) is 4. The van der Waals surface area contributed by atoms with Gasteiger partial charge in [-0.1, -0.05) is 37.6 Å². The van der Waals surface area contributed by atoms with E-state index in [9.17, 15) is 9.59 Å². The molecule has 2 aromatic carbocycles. The second-order valence-corrected chi connectivity index (χ2v) is 10.1. The van der Waals surface area contributed by atoms with Crippen molar-refractivity contribution in [1.82, 2.24) is 25.4 Å². The van der Waals surface area contributed by atoms with Crippen molar-refractivity contribution in [2.24, 2.45) is 0 Å². The molecule has 1 aliphatic heterocycles. The van der Waals surface area contributed by atoms with Crippen molar-refractivity contribution in [2.75, 3.05) is 24.2 Å². The Morgan fingerprint density at radius 1 is 1.02 bits per heavy atom. The summed E-state index contributed by atoms with van der Waals surface area (Å²) in [7, 11) is 1.65. The van der Waals surface area contributed by atoms with Crippen LogP contribution in [0.5, 0.6) is 0 Å². The van der Waals surface area contributed by atoms with E-state index in [1.54, 1.807) is 17.9 Å². The fourth-order valence-electron chi connectivity index (χ4n) is 4.71. The molecular formula is C32H39N7O2. The van der Waals surface area contributed by atoms with E-state index >= 15 is 0 Å². The van der Waals surface area contributed by atoms with Crippen LogP contribution in [0.2, 0.25) is 0 Å². The molecular weight excluding hydrogens is 514 g/mol. The molecule has 214 valence electrons. The molecule has 0 spiro atoms. The van der Waals surface area contributed by atoms with Gasteiger partial charge in [-0.15, -0.1) is 0 Å². The van der Waals surface area contributed by atoms with Crippen LogP contribution in [0.25, 0.3) is 5.69 Å². The SMILES string of the molecule is CCCCc1cc(NC(=O)Nc2cccc(C)c2)n(-c2ccc3c(c2)CCNC3C(=O)NC)n1.Cc1cccnc1.